The van der Waals surface area contributed by atoms with Gasteiger partial charge in [0.25, 0.3) is 0 Å². The molecular formula is C13H19NO4. The first-order valence-corrected chi connectivity index (χ1v) is 6.00. The highest BCUT2D eigenvalue weighted by Crippen LogP contribution is 2.16. The van der Waals surface area contributed by atoms with E-state index in [1.54, 1.807) is 18.2 Å². The van der Waals surface area contributed by atoms with Crippen LogP contribution in [0.1, 0.15) is 16.8 Å². The maximum atomic E-state index is 10.8. The Balaban J connectivity index is 2.37. The Hall–Kier alpha value is -1.59. The zero-order valence-corrected chi connectivity index (χ0v) is 10.5. The molecule has 0 bridgehead atoms. The SMILES string of the molecule is C[NH+](CCO)CCCOc1ccccc1C(=O)[O-]. The number of ether oxygens (including phenoxy) is 1. The minimum atomic E-state index is -1.23. The van der Waals surface area contributed by atoms with E-state index in [9.17, 15) is 9.90 Å². The van der Waals surface area contributed by atoms with Gasteiger partial charge in [-0.3, -0.25) is 0 Å². The second kappa shape index (κ2) is 7.68. The summed E-state index contributed by atoms with van der Waals surface area (Å²) in [7, 11) is 1.99. The summed E-state index contributed by atoms with van der Waals surface area (Å²) in [6, 6.07) is 6.45. The smallest absolute Gasteiger partial charge is 0.128 e. The van der Waals surface area contributed by atoms with E-state index in [1.807, 2.05) is 7.05 Å². The van der Waals surface area contributed by atoms with Gasteiger partial charge in [-0.25, -0.2) is 0 Å². The van der Waals surface area contributed by atoms with Crippen LogP contribution in [0.5, 0.6) is 5.75 Å². The normalized spacial score (nSPS) is 12.1. The zero-order chi connectivity index (χ0) is 13.4. The monoisotopic (exact) mass is 253 g/mol. The minimum absolute atomic E-state index is 0.0774. The van der Waals surface area contributed by atoms with Crippen molar-refractivity contribution in [1.29, 1.82) is 0 Å². The molecule has 1 aromatic carbocycles. The van der Waals surface area contributed by atoms with Gasteiger partial charge in [0.2, 0.25) is 0 Å². The van der Waals surface area contributed by atoms with Crippen LogP contribution in [-0.2, 0) is 0 Å². The molecule has 100 valence electrons. The zero-order valence-electron chi connectivity index (χ0n) is 10.5. The van der Waals surface area contributed by atoms with Crippen molar-refractivity contribution >= 4 is 5.97 Å². The van der Waals surface area contributed by atoms with Gasteiger partial charge in [0, 0.05) is 12.0 Å². The van der Waals surface area contributed by atoms with Crippen molar-refractivity contribution < 1.29 is 24.6 Å². The van der Waals surface area contributed by atoms with Gasteiger partial charge in [-0.05, 0) is 12.1 Å². The highest BCUT2D eigenvalue weighted by molar-refractivity contribution is 5.89. The van der Waals surface area contributed by atoms with Crippen LogP contribution in [0.3, 0.4) is 0 Å². The van der Waals surface area contributed by atoms with Crippen molar-refractivity contribution in [3.8, 4) is 5.75 Å². The predicted octanol–water partition coefficient (Wildman–Crippen LogP) is -1.67. The third-order valence-corrected chi connectivity index (χ3v) is 2.65. The molecule has 1 rings (SSSR count). The highest BCUT2D eigenvalue weighted by atomic mass is 16.5. The van der Waals surface area contributed by atoms with Crippen molar-refractivity contribution in [2.75, 3.05) is 33.4 Å². The number of carbonyl (C=O) groups excluding carboxylic acids is 1. The maximum Gasteiger partial charge on any atom is 0.128 e. The molecule has 0 aliphatic carbocycles. The molecule has 0 saturated heterocycles. The number of likely N-dealkylation sites (N-methyl/N-ethyl adjacent to an activating group) is 1. The molecule has 0 spiro atoms. The molecule has 1 atom stereocenters. The summed E-state index contributed by atoms with van der Waals surface area (Å²) >= 11 is 0. The van der Waals surface area contributed by atoms with Gasteiger partial charge in [-0.1, -0.05) is 12.1 Å². The molecule has 0 amide bonds. The summed E-state index contributed by atoms with van der Waals surface area (Å²) < 4.78 is 5.43. The number of aromatic carboxylic acids is 1. The van der Waals surface area contributed by atoms with Crippen molar-refractivity contribution in [3.05, 3.63) is 29.8 Å². The van der Waals surface area contributed by atoms with E-state index < -0.39 is 5.97 Å². The Labute approximate surface area is 107 Å². The summed E-state index contributed by atoms with van der Waals surface area (Å²) in [5.41, 5.74) is 0.0774. The van der Waals surface area contributed by atoms with E-state index in [4.69, 9.17) is 9.84 Å². The molecular weight excluding hydrogens is 234 g/mol. The number of hydrogen-bond donors (Lipinski definition) is 2. The molecule has 0 fully saturated rings. The van der Waals surface area contributed by atoms with E-state index >= 15 is 0 Å². The quantitative estimate of drug-likeness (QED) is 0.543. The Bertz CT molecular complexity index is 381. The van der Waals surface area contributed by atoms with Crippen LogP contribution in [-0.4, -0.2) is 44.4 Å². The molecule has 5 nitrogen and oxygen atoms in total. The molecule has 1 unspecified atom stereocenters. The summed E-state index contributed by atoms with van der Waals surface area (Å²) in [5, 5.41) is 19.6. The van der Waals surface area contributed by atoms with E-state index in [2.05, 4.69) is 0 Å². The average molecular weight is 253 g/mol. The lowest BCUT2D eigenvalue weighted by Crippen LogP contribution is -3.09. The molecule has 0 aliphatic heterocycles. The number of quaternary nitrogens is 1. The van der Waals surface area contributed by atoms with E-state index in [0.717, 1.165) is 13.0 Å². The van der Waals surface area contributed by atoms with Gasteiger partial charge < -0.3 is 24.6 Å². The number of para-hydroxylation sites is 1. The number of nitrogens with one attached hydrogen (secondary N) is 1. The number of hydrogen-bond acceptors (Lipinski definition) is 4. The third kappa shape index (κ3) is 4.73. The summed E-state index contributed by atoms with van der Waals surface area (Å²) in [6.07, 6.45) is 0.799. The Morgan fingerprint density at radius 1 is 1.39 bits per heavy atom. The molecule has 0 aromatic heterocycles. The van der Waals surface area contributed by atoms with Gasteiger partial charge >= 0.3 is 0 Å². The number of aliphatic hydroxyl groups is 1. The van der Waals surface area contributed by atoms with Crippen LogP contribution in [0.2, 0.25) is 0 Å². The molecule has 0 radical (unpaired) electrons. The van der Waals surface area contributed by atoms with E-state index in [0.29, 0.717) is 18.9 Å². The lowest BCUT2D eigenvalue weighted by molar-refractivity contribution is -0.880. The van der Waals surface area contributed by atoms with Crippen LogP contribution in [0.25, 0.3) is 0 Å². The fraction of sp³-hybridized carbons (Fsp3) is 0.462. The molecule has 1 aromatic rings. The topological polar surface area (TPSA) is 74.0 Å². The molecule has 0 aliphatic rings. The van der Waals surface area contributed by atoms with Crippen LogP contribution < -0.4 is 14.7 Å². The van der Waals surface area contributed by atoms with Crippen LogP contribution in [0.4, 0.5) is 0 Å². The average Bonchev–Trinajstić information content (AvgIpc) is 2.35. The molecule has 5 heteroatoms. The van der Waals surface area contributed by atoms with Gasteiger partial charge in [-0.2, -0.15) is 0 Å². The lowest BCUT2D eigenvalue weighted by atomic mass is 10.2. The number of carbonyl (C=O) groups is 1. The Morgan fingerprint density at radius 3 is 2.78 bits per heavy atom. The molecule has 0 saturated carbocycles. The second-order valence-electron chi connectivity index (χ2n) is 4.17. The van der Waals surface area contributed by atoms with Crippen LogP contribution >= 0.6 is 0 Å². The summed E-state index contributed by atoms with van der Waals surface area (Å²) in [5.74, 6) is -0.883. The van der Waals surface area contributed by atoms with Gasteiger partial charge in [0.05, 0.1) is 32.8 Å². The Kier molecular flexibility index (Phi) is 6.18. The van der Waals surface area contributed by atoms with Crippen molar-refractivity contribution in [2.45, 2.75) is 6.42 Å². The number of aliphatic hydroxyl groups excluding tert-OH is 1. The van der Waals surface area contributed by atoms with Gasteiger partial charge in [0.15, 0.2) is 0 Å². The summed E-state index contributed by atoms with van der Waals surface area (Å²) in [6.45, 7) is 2.19. The first-order valence-electron chi connectivity index (χ1n) is 6.00. The van der Waals surface area contributed by atoms with E-state index in [1.165, 1.54) is 11.0 Å². The number of benzene rings is 1. The minimum Gasteiger partial charge on any atom is -0.545 e. The fourth-order valence-electron chi connectivity index (χ4n) is 1.63. The van der Waals surface area contributed by atoms with E-state index in [-0.39, 0.29) is 12.2 Å². The maximum absolute atomic E-state index is 10.8. The standard InChI is InChI=1S/C13H19NO4/c1-14(8-9-15)7-4-10-18-12-6-3-2-5-11(12)13(16)17/h2-3,5-6,15H,4,7-10H2,1H3,(H,16,17). The molecule has 2 N–H and O–H groups in total. The number of rotatable bonds is 8. The fourth-order valence-corrected chi connectivity index (χ4v) is 1.63. The lowest BCUT2D eigenvalue weighted by Gasteiger charge is -2.14. The molecule has 0 heterocycles. The van der Waals surface area contributed by atoms with Crippen molar-refractivity contribution in [3.63, 3.8) is 0 Å². The third-order valence-electron chi connectivity index (χ3n) is 2.65. The van der Waals surface area contributed by atoms with Crippen LogP contribution in [0, 0.1) is 0 Å². The van der Waals surface area contributed by atoms with Crippen LogP contribution in [0.15, 0.2) is 24.3 Å². The van der Waals surface area contributed by atoms with Gasteiger partial charge in [0.1, 0.15) is 12.3 Å². The first-order chi connectivity index (χ1) is 8.65. The first kappa shape index (κ1) is 14.5. The predicted molar refractivity (Wildman–Crippen MR) is 64.6 cm³/mol. The largest absolute Gasteiger partial charge is 0.545 e. The summed E-state index contributed by atoms with van der Waals surface area (Å²) in [4.78, 5) is 12.0. The van der Waals surface area contributed by atoms with Crippen molar-refractivity contribution in [1.82, 2.24) is 0 Å². The molecule has 18 heavy (non-hydrogen) atoms. The van der Waals surface area contributed by atoms with Gasteiger partial charge in [-0.15, -0.1) is 0 Å². The number of carboxylic acid groups (broad SMARTS) is 1. The Morgan fingerprint density at radius 2 is 2.11 bits per heavy atom. The van der Waals surface area contributed by atoms with Crippen molar-refractivity contribution in [2.24, 2.45) is 0 Å². The number of carboxylic acids is 1. The second-order valence-corrected chi connectivity index (χ2v) is 4.17. The highest BCUT2D eigenvalue weighted by Gasteiger charge is 2.04.